The fourth-order valence-corrected chi connectivity index (χ4v) is 0.743. The van der Waals surface area contributed by atoms with Crippen molar-refractivity contribution in [1.29, 1.82) is 0 Å². The number of terminal acetylenes is 1. The van der Waals surface area contributed by atoms with Crippen molar-refractivity contribution in [3.8, 4) is 12.3 Å². The Morgan fingerprint density at radius 2 is 2.10 bits per heavy atom. The Morgan fingerprint density at radius 3 is 2.60 bits per heavy atom. The first kappa shape index (κ1) is 6.82. The predicted octanol–water partition coefficient (Wildman–Crippen LogP) is 0.916. The van der Waals surface area contributed by atoms with Crippen LogP contribution in [0.4, 0.5) is 0 Å². The zero-order valence-corrected chi connectivity index (χ0v) is 6.04. The second-order valence-corrected chi connectivity index (χ2v) is 2.25. The molecule has 0 bridgehead atoms. The molecular weight excluding hydrogens is 122 g/mol. The second kappa shape index (κ2) is 3.03. The Morgan fingerprint density at radius 1 is 1.50 bits per heavy atom. The highest BCUT2D eigenvalue weighted by Crippen LogP contribution is 1.88. The topological polar surface area (TPSA) is 3.88 Å². The molecular formula is C9H10N+. The minimum atomic E-state index is 0.653. The van der Waals surface area contributed by atoms with E-state index >= 15 is 0 Å². The predicted molar refractivity (Wildman–Crippen MR) is 40.2 cm³/mol. The molecule has 0 amide bonds. The van der Waals surface area contributed by atoms with E-state index in [2.05, 4.69) is 12.8 Å². The van der Waals surface area contributed by atoms with Crippen LogP contribution in [0.1, 0.15) is 5.56 Å². The highest BCUT2D eigenvalue weighted by Gasteiger charge is 1.92. The lowest BCUT2D eigenvalue weighted by molar-refractivity contribution is -0.684. The van der Waals surface area contributed by atoms with Gasteiger partial charge in [-0.2, -0.15) is 4.57 Å². The van der Waals surface area contributed by atoms with Crippen LogP contribution in [0.5, 0.6) is 0 Å². The molecule has 0 aromatic carbocycles. The monoisotopic (exact) mass is 132 g/mol. The van der Waals surface area contributed by atoms with Gasteiger partial charge in [0.25, 0.3) is 0 Å². The molecule has 1 heterocycles. The highest BCUT2D eigenvalue weighted by atomic mass is 14.9. The summed E-state index contributed by atoms with van der Waals surface area (Å²) in [6.45, 7) is 2.71. The molecule has 0 saturated carbocycles. The number of hydrogen-bond donors (Lipinski definition) is 0. The Balaban J connectivity index is 2.81. The van der Waals surface area contributed by atoms with Crippen LogP contribution in [0.25, 0.3) is 0 Å². The molecule has 1 aromatic heterocycles. The number of aromatic nitrogens is 1. The van der Waals surface area contributed by atoms with E-state index in [0.717, 1.165) is 0 Å². The standard InChI is InChI=1S/C9H10N/c1-3-6-10-7-4-9(2)5-8-10/h1,4-5,7-8H,6H2,2H3/q+1. The first-order valence-corrected chi connectivity index (χ1v) is 3.22. The molecule has 0 atom stereocenters. The van der Waals surface area contributed by atoms with Crippen molar-refractivity contribution in [2.45, 2.75) is 13.5 Å². The minimum Gasteiger partial charge on any atom is -0.194 e. The van der Waals surface area contributed by atoms with Gasteiger partial charge in [0.1, 0.15) is 0 Å². The van der Waals surface area contributed by atoms with Gasteiger partial charge in [-0.25, -0.2) is 0 Å². The molecule has 0 aliphatic heterocycles. The quantitative estimate of drug-likeness (QED) is 0.395. The molecule has 1 aromatic rings. The Kier molecular flexibility index (Phi) is 2.07. The number of aryl methyl sites for hydroxylation is 1. The van der Waals surface area contributed by atoms with Crippen molar-refractivity contribution in [1.82, 2.24) is 0 Å². The fraction of sp³-hybridized carbons (Fsp3) is 0.222. The summed E-state index contributed by atoms with van der Waals surface area (Å²) in [7, 11) is 0. The maximum Gasteiger partial charge on any atom is 0.208 e. The van der Waals surface area contributed by atoms with E-state index in [1.165, 1.54) is 5.56 Å². The van der Waals surface area contributed by atoms with Crippen molar-refractivity contribution in [3.63, 3.8) is 0 Å². The molecule has 0 saturated heterocycles. The van der Waals surface area contributed by atoms with Gasteiger partial charge in [0.15, 0.2) is 12.4 Å². The first-order valence-electron chi connectivity index (χ1n) is 3.22. The first-order chi connectivity index (χ1) is 4.83. The normalized spacial score (nSPS) is 8.80. The van der Waals surface area contributed by atoms with E-state index in [0.29, 0.717) is 6.54 Å². The van der Waals surface area contributed by atoms with Crippen LogP contribution in [0, 0.1) is 19.3 Å². The molecule has 0 aliphatic carbocycles. The molecule has 1 heteroatoms. The average Bonchev–Trinajstić information content (AvgIpc) is 1.95. The summed E-state index contributed by atoms with van der Waals surface area (Å²) in [5.74, 6) is 2.57. The second-order valence-electron chi connectivity index (χ2n) is 2.25. The van der Waals surface area contributed by atoms with Gasteiger partial charge in [0, 0.05) is 12.1 Å². The van der Waals surface area contributed by atoms with Crippen molar-refractivity contribution < 1.29 is 4.57 Å². The summed E-state index contributed by atoms with van der Waals surface area (Å²) >= 11 is 0. The third-order valence-corrected chi connectivity index (χ3v) is 1.33. The van der Waals surface area contributed by atoms with E-state index in [-0.39, 0.29) is 0 Å². The number of nitrogens with zero attached hydrogens (tertiary/aromatic N) is 1. The van der Waals surface area contributed by atoms with Gasteiger partial charge in [0.05, 0.1) is 0 Å². The van der Waals surface area contributed by atoms with Crippen LogP contribution in [-0.4, -0.2) is 0 Å². The van der Waals surface area contributed by atoms with Gasteiger partial charge in [-0.05, 0) is 18.4 Å². The van der Waals surface area contributed by atoms with Crippen LogP contribution in [0.2, 0.25) is 0 Å². The van der Waals surface area contributed by atoms with Gasteiger partial charge < -0.3 is 0 Å². The summed E-state index contributed by atoms with van der Waals surface area (Å²) in [6.07, 6.45) is 9.09. The zero-order valence-electron chi connectivity index (χ0n) is 6.04. The van der Waals surface area contributed by atoms with Gasteiger partial charge >= 0.3 is 0 Å². The Bertz CT molecular complexity index is 240. The molecule has 0 aliphatic rings. The Hall–Kier alpha value is -1.29. The maximum absolute atomic E-state index is 5.13. The largest absolute Gasteiger partial charge is 0.208 e. The lowest BCUT2D eigenvalue weighted by Gasteiger charge is -1.89. The molecule has 0 unspecified atom stereocenters. The molecule has 0 radical (unpaired) electrons. The fourth-order valence-electron chi connectivity index (χ4n) is 0.743. The van der Waals surface area contributed by atoms with Crippen molar-refractivity contribution in [2.75, 3.05) is 0 Å². The molecule has 0 spiro atoms. The highest BCUT2D eigenvalue weighted by molar-refractivity contribution is 5.03. The van der Waals surface area contributed by atoms with Crippen LogP contribution >= 0.6 is 0 Å². The van der Waals surface area contributed by atoms with E-state index < -0.39 is 0 Å². The van der Waals surface area contributed by atoms with Gasteiger partial charge in [-0.15, -0.1) is 6.42 Å². The summed E-state index contributed by atoms with van der Waals surface area (Å²) in [4.78, 5) is 0. The minimum absolute atomic E-state index is 0.653. The van der Waals surface area contributed by atoms with Crippen LogP contribution < -0.4 is 4.57 Å². The lowest BCUT2D eigenvalue weighted by atomic mass is 10.3. The molecule has 0 fully saturated rings. The number of rotatable bonds is 1. The molecule has 10 heavy (non-hydrogen) atoms. The molecule has 0 N–H and O–H groups in total. The Labute approximate surface area is 61.3 Å². The lowest BCUT2D eigenvalue weighted by Crippen LogP contribution is -2.31. The molecule has 1 rings (SSSR count). The summed E-state index contributed by atoms with van der Waals surface area (Å²) in [5, 5.41) is 0. The van der Waals surface area contributed by atoms with Crippen molar-refractivity contribution >= 4 is 0 Å². The molecule has 1 nitrogen and oxygen atoms in total. The summed E-state index contributed by atoms with van der Waals surface area (Å²) in [5.41, 5.74) is 1.26. The van der Waals surface area contributed by atoms with Gasteiger partial charge in [-0.3, -0.25) is 0 Å². The smallest absolute Gasteiger partial charge is 0.194 e. The van der Waals surface area contributed by atoms with Gasteiger partial charge in [0.2, 0.25) is 6.54 Å². The van der Waals surface area contributed by atoms with Crippen LogP contribution in [-0.2, 0) is 6.54 Å². The van der Waals surface area contributed by atoms with Crippen LogP contribution in [0.3, 0.4) is 0 Å². The summed E-state index contributed by atoms with van der Waals surface area (Å²) in [6, 6.07) is 4.08. The van der Waals surface area contributed by atoms with E-state index in [9.17, 15) is 0 Å². The third kappa shape index (κ3) is 1.60. The number of pyridine rings is 1. The van der Waals surface area contributed by atoms with Crippen LogP contribution in [0.15, 0.2) is 24.5 Å². The maximum atomic E-state index is 5.13. The SMILES string of the molecule is C#CC[n+]1ccc(C)cc1. The van der Waals surface area contributed by atoms with E-state index in [1.807, 2.05) is 29.1 Å². The van der Waals surface area contributed by atoms with Crippen molar-refractivity contribution in [2.24, 2.45) is 0 Å². The molecule has 50 valence electrons. The summed E-state index contributed by atoms with van der Waals surface area (Å²) < 4.78 is 1.97. The van der Waals surface area contributed by atoms with Crippen molar-refractivity contribution in [3.05, 3.63) is 30.1 Å². The zero-order chi connectivity index (χ0) is 7.40. The number of hydrogen-bond acceptors (Lipinski definition) is 0. The average molecular weight is 132 g/mol. The van der Waals surface area contributed by atoms with E-state index in [1.54, 1.807) is 0 Å². The van der Waals surface area contributed by atoms with E-state index in [4.69, 9.17) is 6.42 Å². The third-order valence-electron chi connectivity index (χ3n) is 1.33. The van der Waals surface area contributed by atoms with Gasteiger partial charge in [-0.1, -0.05) is 0 Å².